The molecule has 25 heavy (non-hydrogen) atoms. The number of nitrogens with one attached hydrogen (secondary N) is 1. The molecule has 2 heterocycles. The molecule has 1 N–H and O–H groups in total. The van der Waals surface area contributed by atoms with Gasteiger partial charge in [0.15, 0.2) is 5.76 Å². The lowest BCUT2D eigenvalue weighted by Gasteiger charge is -2.18. The molecule has 0 aliphatic carbocycles. The molecule has 1 atom stereocenters. The molecule has 2 aromatic rings. The number of amides is 2. The number of carbonyl (C=O) groups excluding carboxylic acids is 1. The first kappa shape index (κ1) is 17.5. The average molecular weight is 342 g/mol. The van der Waals surface area contributed by atoms with Gasteiger partial charge >= 0.3 is 6.03 Å². The van der Waals surface area contributed by atoms with Crippen LogP contribution < -0.4 is 5.32 Å². The predicted octanol–water partition coefficient (Wildman–Crippen LogP) is 2.82. The van der Waals surface area contributed by atoms with E-state index in [0.717, 1.165) is 49.6 Å². The lowest BCUT2D eigenvalue weighted by Crippen LogP contribution is -2.39. The highest BCUT2D eigenvalue weighted by molar-refractivity contribution is 5.73. The van der Waals surface area contributed by atoms with E-state index in [9.17, 15) is 4.79 Å². The maximum atomic E-state index is 12.3. The number of benzene rings is 1. The molecule has 1 aliphatic heterocycles. The van der Waals surface area contributed by atoms with Crippen molar-refractivity contribution in [1.29, 1.82) is 0 Å². The van der Waals surface area contributed by atoms with Gasteiger partial charge in [0.05, 0.1) is 6.54 Å². The average Bonchev–Trinajstić information content (AvgIpc) is 3.29. The second-order valence-corrected chi connectivity index (χ2v) is 6.64. The van der Waals surface area contributed by atoms with Crippen LogP contribution in [0.25, 0.3) is 11.3 Å². The third-order valence-electron chi connectivity index (χ3n) is 4.72. The SMILES string of the molecule is CCN1CC[C@H](CNC(=O)N(C)Cc2cc(-c3ccccc3)on2)C1. The third kappa shape index (κ3) is 4.60. The van der Waals surface area contributed by atoms with Crippen molar-refractivity contribution in [2.24, 2.45) is 5.92 Å². The van der Waals surface area contributed by atoms with Gasteiger partial charge < -0.3 is 19.6 Å². The van der Waals surface area contributed by atoms with Crippen molar-refractivity contribution < 1.29 is 9.32 Å². The fourth-order valence-corrected chi connectivity index (χ4v) is 3.17. The number of carbonyl (C=O) groups is 1. The summed E-state index contributed by atoms with van der Waals surface area (Å²) in [6, 6.07) is 11.6. The molecule has 1 aliphatic rings. The van der Waals surface area contributed by atoms with Crippen molar-refractivity contribution in [3.05, 3.63) is 42.1 Å². The van der Waals surface area contributed by atoms with E-state index in [4.69, 9.17) is 4.52 Å². The minimum absolute atomic E-state index is 0.0702. The number of aromatic nitrogens is 1. The number of hydrogen-bond donors (Lipinski definition) is 1. The van der Waals surface area contributed by atoms with Crippen molar-refractivity contribution in [3.8, 4) is 11.3 Å². The smallest absolute Gasteiger partial charge is 0.317 e. The first-order valence-electron chi connectivity index (χ1n) is 8.88. The Labute approximate surface area is 148 Å². The number of nitrogens with zero attached hydrogens (tertiary/aromatic N) is 3. The Kier molecular flexibility index (Phi) is 5.71. The second kappa shape index (κ2) is 8.16. The molecule has 6 heteroatoms. The van der Waals surface area contributed by atoms with Gasteiger partial charge in [-0.1, -0.05) is 42.4 Å². The number of rotatable bonds is 6. The molecule has 0 unspecified atom stereocenters. The zero-order valence-electron chi connectivity index (χ0n) is 14.9. The van der Waals surface area contributed by atoms with E-state index in [-0.39, 0.29) is 6.03 Å². The highest BCUT2D eigenvalue weighted by Gasteiger charge is 2.22. The lowest BCUT2D eigenvalue weighted by atomic mass is 10.1. The molecule has 1 aromatic heterocycles. The van der Waals surface area contributed by atoms with E-state index in [2.05, 4.69) is 22.3 Å². The second-order valence-electron chi connectivity index (χ2n) is 6.64. The molecule has 134 valence electrons. The minimum Gasteiger partial charge on any atom is -0.356 e. The Morgan fingerprint density at radius 2 is 2.20 bits per heavy atom. The Bertz CT molecular complexity index is 686. The van der Waals surface area contributed by atoms with E-state index < -0.39 is 0 Å². The fraction of sp³-hybridized carbons (Fsp3) is 0.474. The molecular weight excluding hydrogens is 316 g/mol. The summed E-state index contributed by atoms with van der Waals surface area (Å²) < 4.78 is 5.38. The van der Waals surface area contributed by atoms with Crippen molar-refractivity contribution in [2.45, 2.75) is 19.9 Å². The van der Waals surface area contributed by atoms with Gasteiger partial charge in [0.2, 0.25) is 0 Å². The quantitative estimate of drug-likeness (QED) is 0.877. The molecule has 0 spiro atoms. The summed E-state index contributed by atoms with van der Waals surface area (Å²) in [4.78, 5) is 16.3. The van der Waals surface area contributed by atoms with E-state index >= 15 is 0 Å². The van der Waals surface area contributed by atoms with Crippen LogP contribution in [0.2, 0.25) is 0 Å². The number of likely N-dealkylation sites (tertiary alicyclic amines) is 1. The molecular formula is C19H26N4O2. The summed E-state index contributed by atoms with van der Waals surface area (Å²) in [7, 11) is 1.78. The van der Waals surface area contributed by atoms with Crippen LogP contribution in [-0.4, -0.2) is 54.2 Å². The van der Waals surface area contributed by atoms with E-state index in [1.54, 1.807) is 11.9 Å². The number of hydrogen-bond acceptors (Lipinski definition) is 4. The molecule has 0 bridgehead atoms. The standard InChI is InChI=1S/C19H26N4O2/c1-3-23-10-9-15(13-23)12-20-19(24)22(2)14-17-11-18(25-21-17)16-7-5-4-6-8-16/h4-8,11,15H,3,9-10,12-14H2,1-2H3,(H,20,24)/t15-/m1/s1. The van der Waals surface area contributed by atoms with Crippen molar-refractivity contribution >= 4 is 6.03 Å². The third-order valence-corrected chi connectivity index (χ3v) is 4.72. The normalized spacial score (nSPS) is 17.6. The summed E-state index contributed by atoms with van der Waals surface area (Å²) in [6.45, 7) is 6.62. The lowest BCUT2D eigenvalue weighted by molar-refractivity contribution is 0.203. The summed E-state index contributed by atoms with van der Waals surface area (Å²) in [5.74, 6) is 1.27. The van der Waals surface area contributed by atoms with E-state index in [1.807, 2.05) is 36.4 Å². The van der Waals surface area contributed by atoms with Gasteiger partial charge in [-0.05, 0) is 25.4 Å². The first-order valence-corrected chi connectivity index (χ1v) is 8.88. The molecule has 1 aromatic carbocycles. The molecule has 1 saturated heterocycles. The summed E-state index contributed by atoms with van der Waals surface area (Å²) in [6.07, 6.45) is 1.15. The van der Waals surface area contributed by atoms with Crippen molar-refractivity contribution in [1.82, 2.24) is 20.3 Å². The molecule has 6 nitrogen and oxygen atoms in total. The molecule has 1 fully saturated rings. The van der Waals surface area contributed by atoms with Crippen LogP contribution >= 0.6 is 0 Å². The van der Waals surface area contributed by atoms with E-state index in [1.165, 1.54) is 0 Å². The maximum absolute atomic E-state index is 12.3. The molecule has 2 amide bonds. The van der Waals surface area contributed by atoms with E-state index in [0.29, 0.717) is 12.5 Å². The first-order chi connectivity index (χ1) is 12.2. The zero-order chi connectivity index (χ0) is 17.6. The Balaban J connectivity index is 1.48. The van der Waals surface area contributed by atoms with Gasteiger partial charge in [-0.2, -0.15) is 0 Å². The van der Waals surface area contributed by atoms with Gasteiger partial charge in [0, 0.05) is 31.8 Å². The number of urea groups is 1. The van der Waals surface area contributed by atoms with Gasteiger partial charge in [0.1, 0.15) is 5.69 Å². The van der Waals surface area contributed by atoms with Gasteiger partial charge in [-0.15, -0.1) is 0 Å². The summed E-state index contributed by atoms with van der Waals surface area (Å²) >= 11 is 0. The van der Waals surface area contributed by atoms with Gasteiger partial charge in [-0.25, -0.2) is 4.79 Å². The van der Waals surface area contributed by atoms with Crippen molar-refractivity contribution in [3.63, 3.8) is 0 Å². The van der Waals surface area contributed by atoms with Crippen molar-refractivity contribution in [2.75, 3.05) is 33.2 Å². The topological polar surface area (TPSA) is 61.6 Å². The molecule has 3 rings (SSSR count). The summed E-state index contributed by atoms with van der Waals surface area (Å²) in [5.41, 5.74) is 1.73. The highest BCUT2D eigenvalue weighted by Crippen LogP contribution is 2.20. The van der Waals surface area contributed by atoms with Crippen LogP contribution in [0.3, 0.4) is 0 Å². The van der Waals surface area contributed by atoms with Gasteiger partial charge in [-0.3, -0.25) is 0 Å². The van der Waals surface area contributed by atoms with Crippen LogP contribution in [-0.2, 0) is 6.54 Å². The summed E-state index contributed by atoms with van der Waals surface area (Å²) in [5, 5.41) is 7.10. The largest absolute Gasteiger partial charge is 0.356 e. The van der Waals surface area contributed by atoms with Crippen LogP contribution in [0.4, 0.5) is 4.79 Å². The van der Waals surface area contributed by atoms with Crippen LogP contribution in [0, 0.1) is 5.92 Å². The Morgan fingerprint density at radius 1 is 1.40 bits per heavy atom. The fourth-order valence-electron chi connectivity index (χ4n) is 3.17. The van der Waals surface area contributed by atoms with Crippen LogP contribution in [0.5, 0.6) is 0 Å². The Morgan fingerprint density at radius 3 is 2.92 bits per heavy atom. The van der Waals surface area contributed by atoms with Crippen LogP contribution in [0.1, 0.15) is 19.0 Å². The predicted molar refractivity (Wildman–Crippen MR) is 97.0 cm³/mol. The maximum Gasteiger partial charge on any atom is 0.317 e. The van der Waals surface area contributed by atoms with Gasteiger partial charge in [0.25, 0.3) is 0 Å². The highest BCUT2D eigenvalue weighted by atomic mass is 16.5. The molecule has 0 saturated carbocycles. The zero-order valence-corrected chi connectivity index (χ0v) is 14.9. The molecule has 0 radical (unpaired) electrons. The monoisotopic (exact) mass is 342 g/mol. The minimum atomic E-state index is -0.0702. The Hall–Kier alpha value is -2.34. The van der Waals surface area contributed by atoms with Crippen LogP contribution in [0.15, 0.2) is 40.9 Å².